The molecule has 7 nitrogen and oxygen atoms in total. The lowest BCUT2D eigenvalue weighted by molar-refractivity contribution is -0.140. The van der Waals surface area contributed by atoms with Crippen LogP contribution in [-0.2, 0) is 24.8 Å². The SMILES string of the molecule is COC(=O)CC/C=C/[C@H]1CCC[C@@H]1[C@](C#N)(c1ccccc1)C1CCN(CC2CN(c3ccc(S(=O)(=O)C(F)(F)F)cc3)C2)CC1. The third kappa shape index (κ3) is 6.98. The van der Waals surface area contributed by atoms with Gasteiger partial charge in [-0.25, -0.2) is 8.42 Å². The van der Waals surface area contributed by atoms with Crippen molar-refractivity contribution in [2.75, 3.05) is 44.7 Å². The smallest absolute Gasteiger partial charge is 0.469 e. The van der Waals surface area contributed by atoms with Gasteiger partial charge in [-0.3, -0.25) is 4.79 Å². The number of rotatable bonds is 11. The van der Waals surface area contributed by atoms with E-state index in [1.165, 1.54) is 19.2 Å². The Morgan fingerprint density at radius 2 is 1.70 bits per heavy atom. The van der Waals surface area contributed by atoms with Crippen LogP contribution in [-0.4, -0.2) is 64.6 Å². The van der Waals surface area contributed by atoms with Gasteiger partial charge in [0.25, 0.3) is 9.84 Å². The summed E-state index contributed by atoms with van der Waals surface area (Å²) < 4.78 is 66.7. The van der Waals surface area contributed by atoms with Gasteiger partial charge in [0, 0.05) is 37.7 Å². The maximum atomic E-state index is 12.9. The number of hydrogen-bond donors (Lipinski definition) is 0. The summed E-state index contributed by atoms with van der Waals surface area (Å²) >= 11 is 0. The first kappa shape index (κ1) is 34.0. The number of benzene rings is 2. The fourth-order valence-electron chi connectivity index (χ4n) is 7.87. The number of piperidine rings is 1. The Balaban J connectivity index is 1.20. The Morgan fingerprint density at radius 1 is 1.02 bits per heavy atom. The second kappa shape index (κ2) is 14.2. The maximum absolute atomic E-state index is 12.9. The van der Waals surface area contributed by atoms with Crippen LogP contribution in [0.25, 0.3) is 0 Å². The van der Waals surface area contributed by atoms with Crippen LogP contribution in [0, 0.1) is 35.0 Å². The van der Waals surface area contributed by atoms with Gasteiger partial charge in [-0.2, -0.15) is 18.4 Å². The van der Waals surface area contributed by atoms with E-state index in [-0.39, 0.29) is 23.7 Å². The van der Waals surface area contributed by atoms with Crippen LogP contribution < -0.4 is 4.90 Å². The quantitative estimate of drug-likeness (QED) is 0.201. The van der Waals surface area contributed by atoms with Crippen molar-refractivity contribution in [2.24, 2.45) is 23.7 Å². The van der Waals surface area contributed by atoms with E-state index < -0.39 is 25.7 Å². The highest BCUT2D eigenvalue weighted by Crippen LogP contribution is 2.52. The molecule has 5 rings (SSSR count). The molecule has 3 aliphatic rings. The molecule has 1 aliphatic carbocycles. The number of hydrogen-bond acceptors (Lipinski definition) is 7. The van der Waals surface area contributed by atoms with Gasteiger partial charge in [0.2, 0.25) is 0 Å². The van der Waals surface area contributed by atoms with Gasteiger partial charge in [-0.15, -0.1) is 0 Å². The van der Waals surface area contributed by atoms with E-state index in [1.54, 1.807) is 0 Å². The number of anilines is 1. The van der Waals surface area contributed by atoms with Gasteiger partial charge in [0.05, 0.1) is 23.5 Å². The third-order valence-corrected chi connectivity index (χ3v) is 11.7. The van der Waals surface area contributed by atoms with E-state index in [9.17, 15) is 31.6 Å². The van der Waals surface area contributed by atoms with Crippen LogP contribution in [0.3, 0.4) is 0 Å². The summed E-state index contributed by atoms with van der Waals surface area (Å²) in [5.41, 5.74) is -4.11. The zero-order valence-corrected chi connectivity index (χ0v) is 27.0. The topological polar surface area (TPSA) is 90.7 Å². The van der Waals surface area contributed by atoms with Crippen molar-refractivity contribution in [3.63, 3.8) is 0 Å². The predicted molar refractivity (Wildman–Crippen MR) is 170 cm³/mol. The molecule has 0 amide bonds. The molecular formula is C35H42F3N3O4S. The van der Waals surface area contributed by atoms with Crippen molar-refractivity contribution in [1.29, 1.82) is 5.26 Å². The molecule has 2 aromatic carbocycles. The van der Waals surface area contributed by atoms with Crippen LogP contribution in [0.2, 0.25) is 0 Å². The number of ether oxygens (including phenoxy) is 1. The summed E-state index contributed by atoms with van der Waals surface area (Å²) in [5.74, 6) is 0.873. The highest BCUT2D eigenvalue weighted by Gasteiger charge is 2.51. The number of nitriles is 1. The number of allylic oxidation sites excluding steroid dienone is 2. The fraction of sp³-hybridized carbons (Fsp3) is 0.543. The first-order valence-corrected chi connectivity index (χ1v) is 17.6. The van der Waals surface area contributed by atoms with Crippen LogP contribution in [0.15, 0.2) is 71.6 Å². The number of esters is 1. The Morgan fingerprint density at radius 3 is 2.30 bits per heavy atom. The zero-order chi connectivity index (χ0) is 33.0. The van der Waals surface area contributed by atoms with E-state index >= 15 is 0 Å². The average molecular weight is 658 g/mol. The van der Waals surface area contributed by atoms with Crippen LogP contribution >= 0.6 is 0 Å². The van der Waals surface area contributed by atoms with Crippen molar-refractivity contribution in [3.05, 3.63) is 72.3 Å². The van der Waals surface area contributed by atoms with Gasteiger partial charge in [-0.05, 0) is 92.8 Å². The molecule has 2 aliphatic heterocycles. The van der Waals surface area contributed by atoms with Crippen molar-refractivity contribution in [1.82, 2.24) is 4.90 Å². The number of methoxy groups -OCH3 is 1. The molecule has 11 heteroatoms. The van der Waals surface area contributed by atoms with Gasteiger partial charge in [0.15, 0.2) is 0 Å². The molecule has 46 heavy (non-hydrogen) atoms. The summed E-state index contributed by atoms with van der Waals surface area (Å²) in [5, 5.41) is 11.0. The van der Waals surface area contributed by atoms with Gasteiger partial charge in [-0.1, -0.05) is 48.9 Å². The highest BCUT2D eigenvalue weighted by molar-refractivity contribution is 7.92. The summed E-state index contributed by atoms with van der Waals surface area (Å²) in [6.07, 6.45) is 10.2. The first-order chi connectivity index (χ1) is 22.0. The number of alkyl halides is 3. The molecule has 0 unspecified atom stereocenters. The number of halogens is 3. The molecule has 3 fully saturated rings. The molecule has 0 aromatic heterocycles. The lowest BCUT2D eigenvalue weighted by Gasteiger charge is -2.48. The van der Waals surface area contributed by atoms with Crippen LogP contribution in [0.5, 0.6) is 0 Å². The van der Waals surface area contributed by atoms with E-state index in [0.29, 0.717) is 24.4 Å². The fourth-order valence-corrected chi connectivity index (χ4v) is 8.63. The summed E-state index contributed by atoms with van der Waals surface area (Å²) in [4.78, 5) is 15.3. The van der Waals surface area contributed by atoms with E-state index in [4.69, 9.17) is 4.74 Å². The normalized spacial score (nSPS) is 23.2. The van der Waals surface area contributed by atoms with E-state index in [2.05, 4.69) is 40.2 Å². The van der Waals surface area contributed by atoms with Crippen molar-refractivity contribution in [2.45, 2.75) is 60.8 Å². The monoisotopic (exact) mass is 657 g/mol. The number of nitrogens with zero attached hydrogens (tertiary/aromatic N) is 3. The van der Waals surface area contributed by atoms with Gasteiger partial charge in [0.1, 0.15) is 0 Å². The zero-order valence-electron chi connectivity index (χ0n) is 26.2. The number of carbonyl (C=O) groups excluding carboxylic acids is 1. The Kier molecular flexibility index (Phi) is 10.5. The Labute approximate surface area is 269 Å². The molecule has 2 aromatic rings. The minimum atomic E-state index is -5.35. The molecular weight excluding hydrogens is 615 g/mol. The van der Waals surface area contributed by atoms with Crippen LogP contribution in [0.1, 0.15) is 50.5 Å². The summed E-state index contributed by atoms with van der Waals surface area (Å²) in [6, 6.07) is 18.1. The largest absolute Gasteiger partial charge is 0.501 e. The van der Waals surface area contributed by atoms with Crippen LogP contribution in [0.4, 0.5) is 18.9 Å². The lowest BCUT2D eigenvalue weighted by Crippen LogP contribution is -2.54. The highest BCUT2D eigenvalue weighted by atomic mass is 32.2. The van der Waals surface area contributed by atoms with E-state index in [1.807, 2.05) is 18.2 Å². The number of carbonyl (C=O) groups is 1. The molecule has 2 saturated heterocycles. The minimum Gasteiger partial charge on any atom is -0.469 e. The molecule has 2 heterocycles. The third-order valence-electron chi connectivity index (χ3n) is 10.2. The predicted octanol–water partition coefficient (Wildman–Crippen LogP) is 6.52. The standard InChI is InChI=1S/C35H42F3N3O4S/c1-45-33(42)13-6-5-8-27-9-7-12-32(27)34(25-39,28-10-3-2-4-11-28)29-18-20-40(21-19-29)22-26-23-41(24-26)30-14-16-31(17-15-30)46(43,44)35(36,37)38/h2-5,8,10-11,14-17,26-27,29,32H,6-7,9,12-13,18-24H2,1H3/b8-5+/t27-,32-,34+/m0/s1. The molecule has 0 N–H and O–H groups in total. The molecule has 0 radical (unpaired) electrons. The second-order valence-electron chi connectivity index (χ2n) is 12.9. The summed E-state index contributed by atoms with van der Waals surface area (Å²) in [6.45, 7) is 4.21. The molecule has 1 saturated carbocycles. The number of sulfone groups is 1. The Bertz CT molecular complexity index is 1510. The van der Waals surface area contributed by atoms with E-state index in [0.717, 1.165) is 82.5 Å². The molecule has 3 atom stereocenters. The molecule has 248 valence electrons. The second-order valence-corrected chi connectivity index (χ2v) is 14.8. The van der Waals surface area contributed by atoms with Crippen molar-refractivity contribution < 1.29 is 31.1 Å². The lowest BCUT2D eigenvalue weighted by atomic mass is 9.58. The van der Waals surface area contributed by atoms with Gasteiger partial charge < -0.3 is 14.5 Å². The Hall–Kier alpha value is -3.36. The minimum absolute atomic E-state index is 0.198. The van der Waals surface area contributed by atoms with Gasteiger partial charge >= 0.3 is 11.5 Å². The van der Waals surface area contributed by atoms with Crippen molar-refractivity contribution >= 4 is 21.5 Å². The van der Waals surface area contributed by atoms with Crippen molar-refractivity contribution in [3.8, 4) is 6.07 Å². The summed E-state index contributed by atoms with van der Waals surface area (Å²) in [7, 11) is -3.96. The average Bonchev–Trinajstić information content (AvgIpc) is 3.51. The maximum Gasteiger partial charge on any atom is 0.501 e. The number of likely N-dealkylation sites (tertiary alicyclic amines) is 1. The molecule has 0 bridgehead atoms. The molecule has 0 spiro atoms. The first-order valence-electron chi connectivity index (χ1n) is 16.1.